The van der Waals surface area contributed by atoms with Gasteiger partial charge >= 0.3 is 6.18 Å². The minimum Gasteiger partial charge on any atom is -0.339 e. The van der Waals surface area contributed by atoms with Crippen molar-refractivity contribution in [3.8, 4) is 0 Å². The molecule has 1 aliphatic rings. The van der Waals surface area contributed by atoms with Gasteiger partial charge in [0.2, 0.25) is 11.8 Å². The topological polar surface area (TPSA) is 40.6 Å². The van der Waals surface area contributed by atoms with Gasteiger partial charge in [0, 0.05) is 39.2 Å². The Bertz CT molecular complexity index is 618. The average Bonchev–Trinajstić information content (AvgIpc) is 2.52. The van der Waals surface area contributed by atoms with Gasteiger partial charge in [0.25, 0.3) is 0 Å². The SMILES string of the molecule is CC(=O)N1CCN(C(=O)/C=C\c2cccc(C(F)(F)F)c2)CC1. The molecule has 1 heterocycles. The largest absolute Gasteiger partial charge is 0.416 e. The van der Waals surface area contributed by atoms with Gasteiger partial charge in [-0.1, -0.05) is 12.1 Å². The van der Waals surface area contributed by atoms with Crippen LogP contribution in [0.25, 0.3) is 6.08 Å². The highest BCUT2D eigenvalue weighted by Crippen LogP contribution is 2.29. The van der Waals surface area contributed by atoms with Crippen LogP contribution >= 0.6 is 0 Å². The quantitative estimate of drug-likeness (QED) is 0.783. The Morgan fingerprint density at radius 1 is 1.09 bits per heavy atom. The smallest absolute Gasteiger partial charge is 0.339 e. The zero-order valence-corrected chi connectivity index (χ0v) is 12.6. The second-order valence-electron chi connectivity index (χ2n) is 5.29. The van der Waals surface area contributed by atoms with Crippen molar-refractivity contribution in [1.29, 1.82) is 0 Å². The number of hydrogen-bond acceptors (Lipinski definition) is 2. The summed E-state index contributed by atoms with van der Waals surface area (Å²) in [7, 11) is 0. The molecule has 1 fully saturated rings. The minimum absolute atomic E-state index is 0.0309. The normalized spacial score (nSPS) is 16.0. The summed E-state index contributed by atoms with van der Waals surface area (Å²) in [6.07, 6.45) is -1.77. The van der Waals surface area contributed by atoms with E-state index in [1.165, 1.54) is 31.2 Å². The van der Waals surface area contributed by atoms with Crippen molar-refractivity contribution in [3.63, 3.8) is 0 Å². The van der Waals surface area contributed by atoms with Gasteiger partial charge in [-0.2, -0.15) is 13.2 Å². The fourth-order valence-electron chi connectivity index (χ4n) is 2.33. The maximum atomic E-state index is 12.6. The molecule has 0 atom stereocenters. The van der Waals surface area contributed by atoms with Crippen molar-refractivity contribution in [2.24, 2.45) is 0 Å². The van der Waals surface area contributed by atoms with Gasteiger partial charge in [-0.25, -0.2) is 0 Å². The van der Waals surface area contributed by atoms with E-state index in [0.717, 1.165) is 12.1 Å². The van der Waals surface area contributed by atoms with E-state index in [9.17, 15) is 22.8 Å². The van der Waals surface area contributed by atoms with Gasteiger partial charge in [0.1, 0.15) is 0 Å². The molecule has 2 amide bonds. The zero-order chi connectivity index (χ0) is 17.0. The Hall–Kier alpha value is -2.31. The predicted molar refractivity (Wildman–Crippen MR) is 79.3 cm³/mol. The van der Waals surface area contributed by atoms with Crippen LogP contribution in [-0.4, -0.2) is 47.8 Å². The van der Waals surface area contributed by atoms with E-state index >= 15 is 0 Å². The lowest BCUT2D eigenvalue weighted by Crippen LogP contribution is -2.49. The van der Waals surface area contributed by atoms with Crippen LogP contribution in [0, 0.1) is 0 Å². The van der Waals surface area contributed by atoms with Crippen LogP contribution in [-0.2, 0) is 15.8 Å². The molecule has 7 heteroatoms. The van der Waals surface area contributed by atoms with Gasteiger partial charge in [-0.15, -0.1) is 0 Å². The average molecular weight is 326 g/mol. The monoisotopic (exact) mass is 326 g/mol. The number of carbonyl (C=O) groups excluding carboxylic acids is 2. The Labute approximate surface area is 132 Å². The summed E-state index contributed by atoms with van der Waals surface area (Å²) in [5.41, 5.74) is -0.433. The number of amides is 2. The summed E-state index contributed by atoms with van der Waals surface area (Å²) < 4.78 is 37.9. The number of alkyl halides is 3. The van der Waals surface area contributed by atoms with E-state index in [1.54, 1.807) is 9.80 Å². The highest BCUT2D eigenvalue weighted by Gasteiger charge is 2.30. The number of nitrogens with zero attached hydrogens (tertiary/aromatic N) is 2. The highest BCUT2D eigenvalue weighted by molar-refractivity contribution is 5.92. The lowest BCUT2D eigenvalue weighted by Gasteiger charge is -2.33. The first-order chi connectivity index (χ1) is 10.8. The molecule has 1 saturated heterocycles. The first-order valence-electron chi connectivity index (χ1n) is 7.17. The molecule has 0 saturated carbocycles. The lowest BCUT2D eigenvalue weighted by atomic mass is 10.1. The molecule has 23 heavy (non-hydrogen) atoms. The van der Waals surface area contributed by atoms with Gasteiger partial charge in [0.15, 0.2) is 0 Å². The number of halogens is 3. The van der Waals surface area contributed by atoms with Crippen LogP contribution in [0.15, 0.2) is 30.3 Å². The molecule has 0 radical (unpaired) electrons. The Morgan fingerprint density at radius 2 is 1.70 bits per heavy atom. The lowest BCUT2D eigenvalue weighted by molar-refractivity contribution is -0.137. The third-order valence-electron chi connectivity index (χ3n) is 3.67. The number of rotatable bonds is 2. The Morgan fingerprint density at radius 3 is 2.26 bits per heavy atom. The number of carbonyl (C=O) groups is 2. The molecule has 0 aromatic heterocycles. The van der Waals surface area contributed by atoms with Crippen LogP contribution < -0.4 is 0 Å². The molecule has 4 nitrogen and oxygen atoms in total. The molecular weight excluding hydrogens is 309 g/mol. The van der Waals surface area contributed by atoms with Crippen molar-refractivity contribution in [1.82, 2.24) is 9.80 Å². The van der Waals surface area contributed by atoms with E-state index in [-0.39, 0.29) is 11.8 Å². The van der Waals surface area contributed by atoms with Crippen LogP contribution in [0.5, 0.6) is 0 Å². The van der Waals surface area contributed by atoms with E-state index in [0.29, 0.717) is 31.7 Å². The first kappa shape index (κ1) is 17.1. The van der Waals surface area contributed by atoms with Gasteiger partial charge in [-0.05, 0) is 23.8 Å². The fraction of sp³-hybridized carbons (Fsp3) is 0.375. The molecule has 2 rings (SSSR count). The standard InChI is InChI=1S/C16H17F3N2O2/c1-12(22)20-7-9-21(10-8-20)15(23)6-5-13-3-2-4-14(11-13)16(17,18)19/h2-6,11H,7-10H2,1H3/b6-5-. The summed E-state index contributed by atoms with van der Waals surface area (Å²) in [6, 6.07) is 4.79. The van der Waals surface area contributed by atoms with Crippen LogP contribution in [0.2, 0.25) is 0 Å². The molecule has 0 unspecified atom stereocenters. The molecule has 1 aromatic carbocycles. The maximum Gasteiger partial charge on any atom is 0.416 e. The number of benzene rings is 1. The minimum atomic E-state index is -4.41. The Kier molecular flexibility index (Phi) is 5.08. The van der Waals surface area contributed by atoms with Crippen molar-refractivity contribution in [2.45, 2.75) is 13.1 Å². The van der Waals surface area contributed by atoms with Gasteiger partial charge in [0.05, 0.1) is 5.56 Å². The molecule has 0 N–H and O–H groups in total. The predicted octanol–water partition coefficient (Wildman–Crippen LogP) is 2.41. The van der Waals surface area contributed by atoms with E-state index < -0.39 is 11.7 Å². The van der Waals surface area contributed by atoms with E-state index in [1.807, 2.05) is 0 Å². The summed E-state index contributed by atoms with van der Waals surface area (Å²) >= 11 is 0. The van der Waals surface area contributed by atoms with Crippen LogP contribution in [0.1, 0.15) is 18.1 Å². The maximum absolute atomic E-state index is 12.6. The molecule has 124 valence electrons. The molecule has 0 aliphatic carbocycles. The van der Waals surface area contributed by atoms with Gasteiger partial charge < -0.3 is 9.80 Å². The first-order valence-corrected chi connectivity index (χ1v) is 7.17. The number of piperazine rings is 1. The summed E-state index contributed by atoms with van der Waals surface area (Å²) in [6.45, 7) is 3.26. The fourth-order valence-corrected chi connectivity index (χ4v) is 2.33. The molecule has 0 spiro atoms. The van der Waals surface area contributed by atoms with E-state index in [2.05, 4.69) is 0 Å². The zero-order valence-electron chi connectivity index (χ0n) is 12.6. The second kappa shape index (κ2) is 6.85. The van der Waals surface area contributed by atoms with Crippen LogP contribution in [0.4, 0.5) is 13.2 Å². The van der Waals surface area contributed by atoms with Crippen molar-refractivity contribution >= 4 is 17.9 Å². The summed E-state index contributed by atoms with van der Waals surface area (Å²) in [5.74, 6) is -0.303. The third-order valence-corrected chi connectivity index (χ3v) is 3.67. The summed E-state index contributed by atoms with van der Waals surface area (Å²) in [5, 5.41) is 0. The molecular formula is C16H17F3N2O2. The van der Waals surface area contributed by atoms with Crippen molar-refractivity contribution in [2.75, 3.05) is 26.2 Å². The van der Waals surface area contributed by atoms with E-state index in [4.69, 9.17) is 0 Å². The molecule has 0 bridgehead atoms. The summed E-state index contributed by atoms with van der Waals surface area (Å²) in [4.78, 5) is 26.5. The molecule has 1 aliphatic heterocycles. The second-order valence-corrected chi connectivity index (χ2v) is 5.29. The van der Waals surface area contributed by atoms with Crippen molar-refractivity contribution < 1.29 is 22.8 Å². The highest BCUT2D eigenvalue weighted by atomic mass is 19.4. The van der Waals surface area contributed by atoms with Crippen LogP contribution in [0.3, 0.4) is 0 Å². The molecule has 1 aromatic rings. The Balaban J connectivity index is 1.98. The third kappa shape index (κ3) is 4.58. The van der Waals surface area contributed by atoms with Gasteiger partial charge in [-0.3, -0.25) is 9.59 Å². The number of hydrogen-bond donors (Lipinski definition) is 0. The van der Waals surface area contributed by atoms with Crippen molar-refractivity contribution in [3.05, 3.63) is 41.5 Å².